The Morgan fingerprint density at radius 1 is 1.14 bits per heavy atom. The van der Waals surface area contributed by atoms with Crippen LogP contribution in [0.1, 0.15) is 45.1 Å². The Bertz CT molecular complexity index is 501. The van der Waals surface area contributed by atoms with Gasteiger partial charge in [-0.25, -0.2) is 8.78 Å². The van der Waals surface area contributed by atoms with E-state index in [0.29, 0.717) is 6.54 Å². The van der Waals surface area contributed by atoms with Gasteiger partial charge in [-0.15, -0.1) is 0 Å². The van der Waals surface area contributed by atoms with Crippen molar-refractivity contribution in [2.75, 3.05) is 13.1 Å². The first-order valence-electron chi connectivity index (χ1n) is 7.85. The molecule has 0 atom stereocenters. The van der Waals surface area contributed by atoms with Crippen molar-refractivity contribution < 1.29 is 8.78 Å². The molecule has 0 amide bonds. The molecule has 2 fully saturated rings. The lowest BCUT2D eigenvalue weighted by molar-refractivity contribution is 0.0106. The summed E-state index contributed by atoms with van der Waals surface area (Å²) in [5.74, 6) is -0.862. The zero-order valence-electron chi connectivity index (χ0n) is 12.9. The van der Waals surface area contributed by atoms with Crippen LogP contribution < -0.4 is 5.32 Å². The van der Waals surface area contributed by atoms with Crippen LogP contribution in [0.3, 0.4) is 0 Å². The summed E-state index contributed by atoms with van der Waals surface area (Å²) in [4.78, 5) is 2.32. The topological polar surface area (TPSA) is 15.3 Å². The zero-order chi connectivity index (χ0) is 15.1. The summed E-state index contributed by atoms with van der Waals surface area (Å²) in [7, 11) is 0. The number of benzene rings is 1. The average molecular weight is 294 g/mol. The first kappa shape index (κ1) is 14.9. The van der Waals surface area contributed by atoms with Gasteiger partial charge in [-0.1, -0.05) is 18.9 Å². The molecule has 0 radical (unpaired) electrons. The van der Waals surface area contributed by atoms with E-state index < -0.39 is 11.6 Å². The summed E-state index contributed by atoms with van der Waals surface area (Å²) in [6.45, 7) is 6.40. The second-order valence-electron chi connectivity index (χ2n) is 7.23. The molecule has 2 nitrogen and oxygen atoms in total. The second-order valence-corrected chi connectivity index (χ2v) is 7.23. The van der Waals surface area contributed by atoms with E-state index in [4.69, 9.17) is 0 Å². The van der Waals surface area contributed by atoms with Crippen LogP contribution in [-0.4, -0.2) is 29.1 Å². The van der Waals surface area contributed by atoms with Crippen LogP contribution in [0.15, 0.2) is 18.2 Å². The van der Waals surface area contributed by atoms with E-state index in [2.05, 4.69) is 24.1 Å². The van der Waals surface area contributed by atoms with E-state index in [1.807, 2.05) is 0 Å². The quantitative estimate of drug-likeness (QED) is 0.898. The number of halogens is 2. The molecule has 1 heterocycles. The molecule has 1 saturated heterocycles. The molecule has 1 N–H and O–H groups in total. The highest BCUT2D eigenvalue weighted by molar-refractivity contribution is 5.21. The van der Waals surface area contributed by atoms with Gasteiger partial charge in [-0.3, -0.25) is 4.90 Å². The SMILES string of the molecule is CC1(C)CN(Cc2c(F)cccc2F)C2(CCCC2)CN1. The minimum absolute atomic E-state index is 0.0183. The Kier molecular flexibility index (Phi) is 3.78. The highest BCUT2D eigenvalue weighted by Gasteiger charge is 2.45. The normalized spacial score (nSPS) is 24.6. The van der Waals surface area contributed by atoms with Crippen molar-refractivity contribution in [3.63, 3.8) is 0 Å². The monoisotopic (exact) mass is 294 g/mol. The minimum Gasteiger partial charge on any atom is -0.309 e. The molecule has 3 rings (SSSR count). The maximum atomic E-state index is 14.0. The Morgan fingerprint density at radius 2 is 1.76 bits per heavy atom. The maximum Gasteiger partial charge on any atom is 0.130 e. The van der Waals surface area contributed by atoms with Crippen molar-refractivity contribution in [2.24, 2.45) is 0 Å². The van der Waals surface area contributed by atoms with Crippen LogP contribution in [0.2, 0.25) is 0 Å². The third-order valence-corrected chi connectivity index (χ3v) is 5.10. The minimum atomic E-state index is -0.431. The Labute approximate surface area is 125 Å². The van der Waals surface area contributed by atoms with Crippen molar-refractivity contribution in [1.29, 1.82) is 0 Å². The molecule has 1 aromatic carbocycles. The molecule has 1 spiro atoms. The van der Waals surface area contributed by atoms with Crippen molar-refractivity contribution >= 4 is 0 Å². The van der Waals surface area contributed by atoms with Crippen molar-refractivity contribution in [1.82, 2.24) is 10.2 Å². The van der Waals surface area contributed by atoms with Gasteiger partial charge in [0, 0.05) is 36.3 Å². The van der Waals surface area contributed by atoms with Gasteiger partial charge in [0.2, 0.25) is 0 Å². The predicted octanol–water partition coefficient (Wildman–Crippen LogP) is 3.46. The highest BCUT2D eigenvalue weighted by atomic mass is 19.1. The van der Waals surface area contributed by atoms with Gasteiger partial charge >= 0.3 is 0 Å². The molecular formula is C17H24F2N2. The molecule has 0 bridgehead atoms. The maximum absolute atomic E-state index is 14.0. The van der Waals surface area contributed by atoms with E-state index in [0.717, 1.165) is 25.9 Å². The molecule has 0 aromatic heterocycles. The molecule has 1 aliphatic heterocycles. The summed E-state index contributed by atoms with van der Waals surface area (Å²) >= 11 is 0. The van der Waals surface area contributed by atoms with E-state index in [-0.39, 0.29) is 16.6 Å². The standard InChI is InChI=1S/C17H24F2N2/c1-16(2)12-21(17(11-20-16)8-3-4-9-17)10-13-14(18)6-5-7-15(13)19/h5-7,20H,3-4,8-12H2,1-2H3. The van der Waals surface area contributed by atoms with Crippen LogP contribution in [0.4, 0.5) is 8.78 Å². The second kappa shape index (κ2) is 5.33. The molecule has 1 aliphatic carbocycles. The van der Waals surface area contributed by atoms with Gasteiger partial charge in [-0.2, -0.15) is 0 Å². The average Bonchev–Trinajstić information content (AvgIpc) is 2.88. The lowest BCUT2D eigenvalue weighted by Crippen LogP contribution is -2.67. The van der Waals surface area contributed by atoms with E-state index >= 15 is 0 Å². The van der Waals surface area contributed by atoms with Crippen molar-refractivity contribution in [2.45, 2.75) is 57.2 Å². The fourth-order valence-electron chi connectivity index (χ4n) is 3.84. The van der Waals surface area contributed by atoms with Gasteiger partial charge in [0.25, 0.3) is 0 Å². The molecule has 116 valence electrons. The Hall–Kier alpha value is -1.00. The summed E-state index contributed by atoms with van der Waals surface area (Å²) in [5, 5.41) is 3.61. The molecular weight excluding hydrogens is 270 g/mol. The van der Waals surface area contributed by atoms with Crippen molar-refractivity contribution in [3.05, 3.63) is 35.4 Å². The lowest BCUT2D eigenvalue weighted by atomic mass is 9.86. The highest BCUT2D eigenvalue weighted by Crippen LogP contribution is 2.39. The first-order valence-corrected chi connectivity index (χ1v) is 7.85. The molecule has 1 aromatic rings. The fraction of sp³-hybridized carbons (Fsp3) is 0.647. The number of nitrogens with zero attached hydrogens (tertiary/aromatic N) is 1. The lowest BCUT2D eigenvalue weighted by Gasteiger charge is -2.51. The first-order chi connectivity index (χ1) is 9.92. The van der Waals surface area contributed by atoms with Gasteiger partial charge in [0.05, 0.1) is 0 Å². The van der Waals surface area contributed by atoms with Crippen LogP contribution in [0.5, 0.6) is 0 Å². The smallest absolute Gasteiger partial charge is 0.130 e. The number of nitrogens with one attached hydrogen (secondary N) is 1. The zero-order valence-corrected chi connectivity index (χ0v) is 12.9. The fourth-order valence-corrected chi connectivity index (χ4v) is 3.84. The van der Waals surface area contributed by atoms with Crippen LogP contribution in [0, 0.1) is 11.6 Å². The number of piperazine rings is 1. The number of rotatable bonds is 2. The van der Waals surface area contributed by atoms with Gasteiger partial charge in [0.1, 0.15) is 11.6 Å². The van der Waals surface area contributed by atoms with E-state index in [1.165, 1.54) is 31.0 Å². The summed E-state index contributed by atoms with van der Waals surface area (Å²) in [5.41, 5.74) is 0.265. The number of hydrogen-bond acceptors (Lipinski definition) is 2. The Balaban J connectivity index is 1.89. The summed E-state index contributed by atoms with van der Waals surface area (Å²) in [6, 6.07) is 4.14. The third kappa shape index (κ3) is 2.84. The van der Waals surface area contributed by atoms with Gasteiger partial charge in [0.15, 0.2) is 0 Å². The third-order valence-electron chi connectivity index (χ3n) is 5.10. The Morgan fingerprint density at radius 3 is 2.38 bits per heavy atom. The predicted molar refractivity (Wildman–Crippen MR) is 80.0 cm³/mol. The van der Waals surface area contributed by atoms with E-state index in [9.17, 15) is 8.78 Å². The largest absolute Gasteiger partial charge is 0.309 e. The molecule has 4 heteroatoms. The van der Waals surface area contributed by atoms with E-state index in [1.54, 1.807) is 0 Å². The van der Waals surface area contributed by atoms with Crippen LogP contribution >= 0.6 is 0 Å². The molecule has 21 heavy (non-hydrogen) atoms. The van der Waals surface area contributed by atoms with Gasteiger partial charge < -0.3 is 5.32 Å². The van der Waals surface area contributed by atoms with Crippen molar-refractivity contribution in [3.8, 4) is 0 Å². The van der Waals surface area contributed by atoms with Crippen LogP contribution in [-0.2, 0) is 6.54 Å². The number of hydrogen-bond donors (Lipinski definition) is 1. The van der Waals surface area contributed by atoms with Gasteiger partial charge in [-0.05, 0) is 38.8 Å². The molecule has 2 aliphatic rings. The van der Waals surface area contributed by atoms with Crippen LogP contribution in [0.25, 0.3) is 0 Å². The summed E-state index contributed by atoms with van der Waals surface area (Å²) in [6.07, 6.45) is 4.65. The summed E-state index contributed by atoms with van der Waals surface area (Å²) < 4.78 is 28.0. The molecule has 1 saturated carbocycles. The molecule has 0 unspecified atom stereocenters.